The van der Waals surface area contributed by atoms with E-state index in [0.717, 1.165) is 25.2 Å². The van der Waals surface area contributed by atoms with Crippen LogP contribution in [0, 0.1) is 0 Å². The van der Waals surface area contributed by atoms with Gasteiger partial charge < -0.3 is 5.11 Å². The number of aromatic carboxylic acids is 1. The van der Waals surface area contributed by atoms with E-state index in [4.69, 9.17) is 5.11 Å². The Morgan fingerprint density at radius 3 is 2.83 bits per heavy atom. The molecule has 2 heterocycles. The maximum Gasteiger partial charge on any atom is 0.375 e. The van der Waals surface area contributed by atoms with Crippen LogP contribution < -0.4 is 0 Å². The van der Waals surface area contributed by atoms with E-state index < -0.39 is 5.97 Å². The van der Waals surface area contributed by atoms with Crippen molar-refractivity contribution in [3.8, 4) is 0 Å². The molecule has 18 heavy (non-hydrogen) atoms. The summed E-state index contributed by atoms with van der Waals surface area (Å²) in [5.74, 6) is -0.248. The first kappa shape index (κ1) is 11.0. The van der Waals surface area contributed by atoms with Crippen molar-refractivity contribution < 1.29 is 9.90 Å². The quantitative estimate of drug-likeness (QED) is 0.874. The van der Waals surface area contributed by atoms with Crippen molar-refractivity contribution in [3.05, 3.63) is 47.5 Å². The molecule has 0 radical (unpaired) electrons. The number of hydrogen-bond acceptors (Lipinski definition) is 3. The molecular formula is C13H13N3O2. The van der Waals surface area contributed by atoms with Gasteiger partial charge in [0.05, 0.1) is 0 Å². The number of carbonyl (C=O) groups is 1. The summed E-state index contributed by atoms with van der Waals surface area (Å²) in [7, 11) is 0. The zero-order valence-corrected chi connectivity index (χ0v) is 9.78. The van der Waals surface area contributed by atoms with Crippen LogP contribution in [0.2, 0.25) is 0 Å². The topological polar surface area (TPSA) is 68.0 Å². The first-order chi connectivity index (χ1) is 8.75. The first-order valence-electron chi connectivity index (χ1n) is 5.98. The number of aryl methyl sites for hydroxylation is 1. The third-order valence-corrected chi connectivity index (χ3v) is 3.27. The second kappa shape index (κ2) is 4.25. The molecule has 2 aromatic rings. The Labute approximate surface area is 104 Å². The van der Waals surface area contributed by atoms with Crippen molar-refractivity contribution in [3.63, 3.8) is 0 Å². The average Bonchev–Trinajstić information content (AvgIpc) is 2.83. The Hall–Kier alpha value is -2.17. The molecule has 0 aliphatic carbocycles. The molecule has 1 aromatic carbocycles. The van der Waals surface area contributed by atoms with Crippen LogP contribution in [0.1, 0.15) is 40.8 Å². The summed E-state index contributed by atoms with van der Waals surface area (Å²) >= 11 is 0. The molecule has 1 atom stereocenters. The van der Waals surface area contributed by atoms with E-state index in [0.29, 0.717) is 0 Å². The molecule has 3 rings (SSSR count). The summed E-state index contributed by atoms with van der Waals surface area (Å²) in [6, 6.07) is 10.1. The fourth-order valence-corrected chi connectivity index (χ4v) is 2.44. The van der Waals surface area contributed by atoms with Gasteiger partial charge in [-0.15, -0.1) is 5.10 Å². The molecule has 0 fully saturated rings. The van der Waals surface area contributed by atoms with Gasteiger partial charge in [0, 0.05) is 12.5 Å². The minimum Gasteiger partial charge on any atom is -0.475 e. The standard InChI is InChI=1S/C13H13N3O2/c17-13(18)11-14-12-10(7-4-8-16(12)15-11)9-5-2-1-3-6-9/h1-3,5-6,10H,4,7-8H2,(H,17,18). The van der Waals surface area contributed by atoms with Gasteiger partial charge in [0.15, 0.2) is 0 Å². The fraction of sp³-hybridized carbons (Fsp3) is 0.308. The minimum atomic E-state index is -1.07. The minimum absolute atomic E-state index is 0.104. The normalized spacial score (nSPS) is 18.3. The van der Waals surface area contributed by atoms with Gasteiger partial charge in [-0.2, -0.15) is 0 Å². The summed E-state index contributed by atoms with van der Waals surface area (Å²) in [6.07, 6.45) is 1.98. The number of fused-ring (bicyclic) bond motifs is 1. The van der Waals surface area contributed by atoms with Crippen molar-refractivity contribution in [1.82, 2.24) is 14.8 Å². The number of rotatable bonds is 2. The van der Waals surface area contributed by atoms with Crippen LogP contribution >= 0.6 is 0 Å². The second-order valence-electron chi connectivity index (χ2n) is 4.43. The Bertz CT molecular complexity index is 577. The SMILES string of the molecule is O=C(O)c1nc2n(n1)CCCC2c1ccccc1. The number of aromatic nitrogens is 3. The lowest BCUT2D eigenvalue weighted by molar-refractivity contribution is 0.0683. The molecule has 0 bridgehead atoms. The Balaban J connectivity index is 2.04. The molecule has 0 spiro atoms. The van der Waals surface area contributed by atoms with Crippen LogP contribution in [0.3, 0.4) is 0 Å². The van der Waals surface area contributed by atoms with Gasteiger partial charge in [-0.25, -0.2) is 14.5 Å². The lowest BCUT2D eigenvalue weighted by Gasteiger charge is -2.22. The van der Waals surface area contributed by atoms with Gasteiger partial charge in [-0.3, -0.25) is 0 Å². The summed E-state index contributed by atoms with van der Waals surface area (Å²) in [5, 5.41) is 13.0. The lowest BCUT2D eigenvalue weighted by atomic mass is 9.91. The van der Waals surface area contributed by atoms with E-state index in [1.165, 1.54) is 5.56 Å². The monoisotopic (exact) mass is 243 g/mol. The van der Waals surface area contributed by atoms with E-state index in [9.17, 15) is 4.79 Å². The molecule has 0 saturated heterocycles. The molecule has 1 aliphatic rings. The van der Waals surface area contributed by atoms with Gasteiger partial charge in [0.2, 0.25) is 0 Å². The van der Waals surface area contributed by atoms with E-state index in [2.05, 4.69) is 22.2 Å². The molecular weight excluding hydrogens is 230 g/mol. The predicted octanol–water partition coefficient (Wildman–Crippen LogP) is 1.90. The average molecular weight is 243 g/mol. The zero-order valence-electron chi connectivity index (χ0n) is 9.78. The highest BCUT2D eigenvalue weighted by molar-refractivity contribution is 5.82. The predicted molar refractivity (Wildman–Crippen MR) is 64.5 cm³/mol. The first-order valence-corrected chi connectivity index (χ1v) is 5.98. The van der Waals surface area contributed by atoms with Crippen LogP contribution in [0.25, 0.3) is 0 Å². The third-order valence-electron chi connectivity index (χ3n) is 3.27. The third kappa shape index (κ3) is 1.77. The number of carboxylic acid groups (broad SMARTS) is 1. The van der Waals surface area contributed by atoms with E-state index in [1.54, 1.807) is 4.68 Å². The van der Waals surface area contributed by atoms with Crippen molar-refractivity contribution >= 4 is 5.97 Å². The van der Waals surface area contributed by atoms with Crippen LogP contribution in [-0.2, 0) is 6.54 Å². The summed E-state index contributed by atoms with van der Waals surface area (Å²) in [5.41, 5.74) is 1.17. The van der Waals surface area contributed by atoms with E-state index >= 15 is 0 Å². The summed E-state index contributed by atoms with van der Waals surface area (Å²) < 4.78 is 1.73. The van der Waals surface area contributed by atoms with Gasteiger partial charge in [-0.1, -0.05) is 30.3 Å². The number of hydrogen-bond donors (Lipinski definition) is 1. The Morgan fingerprint density at radius 1 is 1.33 bits per heavy atom. The molecule has 1 aromatic heterocycles. The number of benzene rings is 1. The molecule has 0 saturated carbocycles. The summed E-state index contributed by atoms with van der Waals surface area (Å²) in [4.78, 5) is 15.1. The molecule has 5 heteroatoms. The van der Waals surface area contributed by atoms with Gasteiger partial charge >= 0.3 is 5.97 Å². The maximum absolute atomic E-state index is 10.9. The van der Waals surface area contributed by atoms with Gasteiger partial charge in [-0.05, 0) is 18.4 Å². The van der Waals surface area contributed by atoms with Crippen molar-refractivity contribution in [2.45, 2.75) is 25.3 Å². The fourth-order valence-electron chi connectivity index (χ4n) is 2.44. The Morgan fingerprint density at radius 2 is 2.11 bits per heavy atom. The maximum atomic E-state index is 10.9. The van der Waals surface area contributed by atoms with Crippen molar-refractivity contribution in [2.24, 2.45) is 0 Å². The highest BCUT2D eigenvalue weighted by atomic mass is 16.4. The molecule has 0 amide bonds. The molecule has 1 aliphatic heterocycles. The molecule has 5 nitrogen and oxygen atoms in total. The van der Waals surface area contributed by atoms with Crippen LogP contribution in [0.5, 0.6) is 0 Å². The summed E-state index contributed by atoms with van der Waals surface area (Å²) in [6.45, 7) is 0.749. The zero-order chi connectivity index (χ0) is 12.5. The largest absolute Gasteiger partial charge is 0.475 e. The molecule has 1 N–H and O–H groups in total. The molecule has 1 unspecified atom stereocenters. The number of nitrogens with zero attached hydrogens (tertiary/aromatic N) is 3. The van der Waals surface area contributed by atoms with Crippen LogP contribution in [-0.4, -0.2) is 25.8 Å². The number of carboxylic acids is 1. The van der Waals surface area contributed by atoms with Gasteiger partial charge in [0.25, 0.3) is 5.82 Å². The van der Waals surface area contributed by atoms with Crippen molar-refractivity contribution in [1.29, 1.82) is 0 Å². The van der Waals surface area contributed by atoms with Crippen LogP contribution in [0.15, 0.2) is 30.3 Å². The van der Waals surface area contributed by atoms with Crippen molar-refractivity contribution in [2.75, 3.05) is 0 Å². The van der Waals surface area contributed by atoms with E-state index in [-0.39, 0.29) is 11.7 Å². The van der Waals surface area contributed by atoms with Crippen LogP contribution in [0.4, 0.5) is 0 Å². The highest BCUT2D eigenvalue weighted by Gasteiger charge is 2.27. The van der Waals surface area contributed by atoms with E-state index in [1.807, 2.05) is 18.2 Å². The smallest absolute Gasteiger partial charge is 0.375 e. The lowest BCUT2D eigenvalue weighted by Crippen LogP contribution is -2.17. The Kier molecular flexibility index (Phi) is 2.59. The second-order valence-corrected chi connectivity index (χ2v) is 4.43. The highest BCUT2D eigenvalue weighted by Crippen LogP contribution is 2.31. The van der Waals surface area contributed by atoms with Gasteiger partial charge in [0.1, 0.15) is 5.82 Å². The molecule has 92 valence electrons.